The highest BCUT2D eigenvalue weighted by atomic mass is 16.6. The molecule has 2 N–H and O–H groups in total. The highest BCUT2D eigenvalue weighted by molar-refractivity contribution is 5.88. The largest absolute Gasteiger partial charge is 0.444 e. The summed E-state index contributed by atoms with van der Waals surface area (Å²) in [5.41, 5.74) is 0.467. The van der Waals surface area contributed by atoms with Gasteiger partial charge in [0, 0.05) is 32.2 Å². The van der Waals surface area contributed by atoms with Gasteiger partial charge in [0.2, 0.25) is 11.8 Å². The van der Waals surface area contributed by atoms with Crippen molar-refractivity contribution < 1.29 is 24.2 Å². The van der Waals surface area contributed by atoms with Gasteiger partial charge in [0.25, 0.3) is 0 Å². The van der Waals surface area contributed by atoms with E-state index in [1.165, 1.54) is 9.80 Å². The summed E-state index contributed by atoms with van der Waals surface area (Å²) in [4.78, 5) is 39.4. The first-order valence-corrected chi connectivity index (χ1v) is 9.85. The molecule has 29 heavy (non-hydrogen) atoms. The summed E-state index contributed by atoms with van der Waals surface area (Å²) < 4.78 is 5.28. The maximum Gasteiger partial charge on any atom is 0.410 e. The van der Waals surface area contributed by atoms with Crippen molar-refractivity contribution in [1.82, 2.24) is 15.1 Å². The number of aliphatic hydroxyl groups excluding tert-OH is 1. The second-order valence-electron chi connectivity index (χ2n) is 8.26. The second kappa shape index (κ2) is 10.2. The molecular formula is C21H31N3O5. The normalized spacial score (nSPS) is 15.8. The van der Waals surface area contributed by atoms with Crippen LogP contribution in [0.2, 0.25) is 0 Å². The zero-order valence-electron chi connectivity index (χ0n) is 17.4. The molecule has 1 aromatic carbocycles. The molecule has 2 rings (SSSR count). The number of aliphatic hydroxyl groups is 1. The molecule has 3 amide bonds. The predicted molar refractivity (Wildman–Crippen MR) is 108 cm³/mol. The summed E-state index contributed by atoms with van der Waals surface area (Å²) in [7, 11) is 0. The quantitative estimate of drug-likeness (QED) is 0.706. The minimum absolute atomic E-state index is 0.0390. The standard InChI is InChI=1S/C21H31N3O5/c1-21(2,3)29-20(28)24-10-9-23(19(27)14-24)13-18(26)22-12-17(15-25)11-16-7-5-4-6-8-16/h4-8,17,25H,9-15H2,1-3H3,(H,22,26). The number of rotatable bonds is 7. The molecule has 0 radical (unpaired) electrons. The van der Waals surface area contributed by atoms with Crippen molar-refractivity contribution in [3.8, 4) is 0 Å². The van der Waals surface area contributed by atoms with Crippen molar-refractivity contribution in [3.05, 3.63) is 35.9 Å². The van der Waals surface area contributed by atoms with Crippen molar-refractivity contribution in [2.45, 2.75) is 32.8 Å². The average Bonchev–Trinajstić information content (AvgIpc) is 2.66. The third-order valence-corrected chi connectivity index (χ3v) is 4.52. The van der Waals surface area contributed by atoms with Crippen LogP contribution < -0.4 is 5.32 Å². The van der Waals surface area contributed by atoms with E-state index in [0.29, 0.717) is 19.5 Å². The zero-order valence-corrected chi connectivity index (χ0v) is 17.4. The molecule has 0 spiro atoms. The summed E-state index contributed by atoms with van der Waals surface area (Å²) in [5.74, 6) is -0.670. The van der Waals surface area contributed by atoms with Gasteiger partial charge in [0.15, 0.2) is 0 Å². The number of amides is 3. The number of hydrogen-bond acceptors (Lipinski definition) is 5. The van der Waals surface area contributed by atoms with E-state index >= 15 is 0 Å². The average molecular weight is 405 g/mol. The first-order chi connectivity index (χ1) is 13.7. The number of hydrogen-bond donors (Lipinski definition) is 2. The second-order valence-corrected chi connectivity index (χ2v) is 8.26. The van der Waals surface area contributed by atoms with Crippen LogP contribution in [0.3, 0.4) is 0 Å². The maximum atomic E-state index is 12.3. The number of piperazine rings is 1. The van der Waals surface area contributed by atoms with Gasteiger partial charge in [-0.05, 0) is 32.8 Å². The Labute approximate surface area is 171 Å². The van der Waals surface area contributed by atoms with Gasteiger partial charge >= 0.3 is 6.09 Å². The Morgan fingerprint density at radius 3 is 2.48 bits per heavy atom. The molecule has 1 unspecified atom stereocenters. The molecule has 1 aromatic rings. The Bertz CT molecular complexity index is 702. The number of nitrogens with zero attached hydrogens (tertiary/aromatic N) is 2. The molecule has 160 valence electrons. The van der Waals surface area contributed by atoms with Crippen molar-refractivity contribution in [2.75, 3.05) is 39.3 Å². The summed E-state index contributed by atoms with van der Waals surface area (Å²) in [6, 6.07) is 9.76. The van der Waals surface area contributed by atoms with Gasteiger partial charge in [-0.1, -0.05) is 30.3 Å². The Balaban J connectivity index is 1.76. The number of carbonyl (C=O) groups excluding carboxylic acids is 3. The van der Waals surface area contributed by atoms with E-state index in [9.17, 15) is 19.5 Å². The van der Waals surface area contributed by atoms with Crippen molar-refractivity contribution >= 4 is 17.9 Å². The maximum absolute atomic E-state index is 12.3. The number of benzene rings is 1. The van der Waals surface area contributed by atoms with Crippen LogP contribution in [-0.4, -0.2) is 77.7 Å². The van der Waals surface area contributed by atoms with Crippen molar-refractivity contribution in [1.29, 1.82) is 0 Å². The molecule has 1 aliphatic heterocycles. The molecule has 1 fully saturated rings. The van der Waals surface area contributed by atoms with E-state index in [1.807, 2.05) is 30.3 Å². The minimum Gasteiger partial charge on any atom is -0.444 e. The summed E-state index contributed by atoms with van der Waals surface area (Å²) >= 11 is 0. The van der Waals surface area contributed by atoms with E-state index in [4.69, 9.17) is 4.74 Å². The number of nitrogens with one attached hydrogen (secondary N) is 1. The summed E-state index contributed by atoms with van der Waals surface area (Å²) in [6.45, 7) is 6.03. The molecule has 8 heteroatoms. The molecule has 1 atom stereocenters. The number of ether oxygens (including phenoxy) is 1. The summed E-state index contributed by atoms with van der Waals surface area (Å²) in [5, 5.41) is 12.3. The molecule has 0 saturated carbocycles. The van der Waals surface area contributed by atoms with Crippen LogP contribution in [0.15, 0.2) is 30.3 Å². The Morgan fingerprint density at radius 2 is 1.90 bits per heavy atom. The fourth-order valence-corrected chi connectivity index (χ4v) is 2.99. The topological polar surface area (TPSA) is 99.2 Å². The SMILES string of the molecule is CC(C)(C)OC(=O)N1CCN(CC(=O)NCC(CO)Cc2ccccc2)C(=O)C1. The van der Waals surface area contributed by atoms with Crippen LogP contribution in [0, 0.1) is 5.92 Å². The van der Waals surface area contributed by atoms with E-state index in [0.717, 1.165) is 5.56 Å². The van der Waals surface area contributed by atoms with Crippen LogP contribution in [0.4, 0.5) is 4.79 Å². The third-order valence-electron chi connectivity index (χ3n) is 4.52. The van der Waals surface area contributed by atoms with Crippen LogP contribution in [0.5, 0.6) is 0 Å². The third kappa shape index (κ3) is 7.73. The lowest BCUT2D eigenvalue weighted by Crippen LogP contribution is -2.55. The lowest BCUT2D eigenvalue weighted by Gasteiger charge is -2.34. The van der Waals surface area contributed by atoms with Gasteiger partial charge in [-0.25, -0.2) is 4.79 Å². The van der Waals surface area contributed by atoms with Gasteiger partial charge in [-0.2, -0.15) is 0 Å². The fourth-order valence-electron chi connectivity index (χ4n) is 2.99. The van der Waals surface area contributed by atoms with Crippen molar-refractivity contribution in [3.63, 3.8) is 0 Å². The van der Waals surface area contributed by atoms with Gasteiger partial charge in [-0.15, -0.1) is 0 Å². The predicted octanol–water partition coefficient (Wildman–Crippen LogP) is 1.03. The smallest absolute Gasteiger partial charge is 0.410 e. The van der Waals surface area contributed by atoms with Crippen LogP contribution in [0.1, 0.15) is 26.3 Å². The monoisotopic (exact) mass is 405 g/mol. The molecular weight excluding hydrogens is 374 g/mol. The summed E-state index contributed by atoms with van der Waals surface area (Å²) in [6.07, 6.45) is 0.132. The van der Waals surface area contributed by atoms with Crippen LogP contribution >= 0.6 is 0 Å². The molecule has 1 aliphatic rings. The van der Waals surface area contributed by atoms with Gasteiger partial charge in [0.1, 0.15) is 12.1 Å². The van der Waals surface area contributed by atoms with Crippen LogP contribution in [-0.2, 0) is 20.7 Å². The first kappa shape index (κ1) is 22.7. The highest BCUT2D eigenvalue weighted by Crippen LogP contribution is 2.12. The molecule has 1 heterocycles. The van der Waals surface area contributed by atoms with Gasteiger partial charge in [0.05, 0.1) is 6.54 Å². The molecule has 8 nitrogen and oxygen atoms in total. The van der Waals surface area contributed by atoms with Gasteiger partial charge < -0.3 is 20.1 Å². The fraction of sp³-hybridized carbons (Fsp3) is 0.571. The molecule has 0 aromatic heterocycles. The van der Waals surface area contributed by atoms with E-state index in [-0.39, 0.29) is 44.0 Å². The Hall–Kier alpha value is -2.61. The lowest BCUT2D eigenvalue weighted by molar-refractivity contribution is -0.140. The molecule has 1 saturated heterocycles. The Kier molecular flexibility index (Phi) is 8.01. The van der Waals surface area contributed by atoms with E-state index in [1.54, 1.807) is 20.8 Å². The molecule has 0 bridgehead atoms. The lowest BCUT2D eigenvalue weighted by atomic mass is 10.00. The minimum atomic E-state index is -0.625. The zero-order chi connectivity index (χ0) is 21.4. The number of carbonyl (C=O) groups is 3. The van der Waals surface area contributed by atoms with Crippen molar-refractivity contribution in [2.24, 2.45) is 5.92 Å². The van der Waals surface area contributed by atoms with E-state index in [2.05, 4.69) is 5.32 Å². The Morgan fingerprint density at radius 1 is 1.21 bits per heavy atom. The first-order valence-electron chi connectivity index (χ1n) is 9.85. The molecule has 0 aliphatic carbocycles. The van der Waals surface area contributed by atoms with E-state index < -0.39 is 11.7 Å². The van der Waals surface area contributed by atoms with Gasteiger partial charge in [-0.3, -0.25) is 14.5 Å². The highest BCUT2D eigenvalue weighted by Gasteiger charge is 2.31. The van der Waals surface area contributed by atoms with Crippen LogP contribution in [0.25, 0.3) is 0 Å².